The lowest BCUT2D eigenvalue weighted by Gasteiger charge is -2.15. The Kier molecular flexibility index (Phi) is 6.00. The summed E-state index contributed by atoms with van der Waals surface area (Å²) in [5.74, 6) is 0.669. The van der Waals surface area contributed by atoms with E-state index in [-0.39, 0.29) is 0 Å². The fourth-order valence-corrected chi connectivity index (χ4v) is 2.23. The molecule has 2 aromatic rings. The number of hydrogen-bond acceptors (Lipinski definition) is 4. The molecule has 0 saturated heterocycles. The van der Waals surface area contributed by atoms with Crippen molar-refractivity contribution in [3.8, 4) is 11.5 Å². The maximum atomic E-state index is 11.4. The summed E-state index contributed by atoms with van der Waals surface area (Å²) in [5.41, 5.74) is 1.95. The molecule has 5 heteroatoms. The van der Waals surface area contributed by atoms with Crippen LogP contribution in [0, 0.1) is 0 Å². The summed E-state index contributed by atoms with van der Waals surface area (Å²) in [6.07, 6.45) is 0.412. The Labute approximate surface area is 135 Å². The maximum Gasteiger partial charge on any atom is 0.321 e. The van der Waals surface area contributed by atoms with E-state index in [1.54, 1.807) is 14.2 Å². The molecule has 2 rings (SSSR count). The van der Waals surface area contributed by atoms with Crippen LogP contribution in [0.3, 0.4) is 0 Å². The van der Waals surface area contributed by atoms with Crippen molar-refractivity contribution in [3.05, 3.63) is 59.7 Å². The van der Waals surface area contributed by atoms with Gasteiger partial charge in [-0.15, -0.1) is 0 Å². The normalized spacial score (nSPS) is 11.7. The van der Waals surface area contributed by atoms with E-state index in [2.05, 4.69) is 5.32 Å². The second-order valence-electron chi connectivity index (χ2n) is 5.17. The van der Waals surface area contributed by atoms with Crippen LogP contribution in [0.2, 0.25) is 0 Å². The molecule has 2 N–H and O–H groups in total. The fraction of sp³-hybridized carbons (Fsp3) is 0.278. The van der Waals surface area contributed by atoms with E-state index in [4.69, 9.17) is 9.47 Å². The average Bonchev–Trinajstić information content (AvgIpc) is 2.59. The molecule has 0 heterocycles. The molecule has 0 unspecified atom stereocenters. The highest BCUT2D eigenvalue weighted by Crippen LogP contribution is 2.14. The van der Waals surface area contributed by atoms with Gasteiger partial charge in [0.2, 0.25) is 0 Å². The minimum absolute atomic E-state index is 0.412. The maximum absolute atomic E-state index is 11.4. The van der Waals surface area contributed by atoms with Gasteiger partial charge in [0.25, 0.3) is 0 Å². The van der Waals surface area contributed by atoms with Crippen LogP contribution in [-0.4, -0.2) is 31.3 Å². The van der Waals surface area contributed by atoms with Gasteiger partial charge >= 0.3 is 5.97 Å². The first-order valence-corrected chi connectivity index (χ1v) is 7.34. The predicted molar refractivity (Wildman–Crippen MR) is 88.0 cm³/mol. The van der Waals surface area contributed by atoms with E-state index in [0.29, 0.717) is 13.0 Å². The van der Waals surface area contributed by atoms with Gasteiger partial charge in [0.05, 0.1) is 14.2 Å². The lowest BCUT2D eigenvalue weighted by molar-refractivity contribution is -0.139. The molecule has 0 aromatic heterocycles. The van der Waals surface area contributed by atoms with Crippen molar-refractivity contribution < 1.29 is 19.4 Å². The molecule has 5 nitrogen and oxygen atoms in total. The first kappa shape index (κ1) is 16.8. The molecule has 0 spiro atoms. The zero-order chi connectivity index (χ0) is 16.7. The van der Waals surface area contributed by atoms with Crippen molar-refractivity contribution in [3.63, 3.8) is 0 Å². The topological polar surface area (TPSA) is 67.8 Å². The summed E-state index contributed by atoms with van der Waals surface area (Å²) >= 11 is 0. The molecule has 0 radical (unpaired) electrons. The fourth-order valence-electron chi connectivity index (χ4n) is 2.23. The zero-order valence-electron chi connectivity index (χ0n) is 13.3. The Morgan fingerprint density at radius 2 is 1.43 bits per heavy atom. The molecule has 0 amide bonds. The number of rotatable bonds is 8. The van der Waals surface area contributed by atoms with Crippen molar-refractivity contribution in [2.24, 2.45) is 0 Å². The highest BCUT2D eigenvalue weighted by atomic mass is 16.5. The number of carbonyl (C=O) groups is 1. The van der Waals surface area contributed by atoms with Crippen LogP contribution in [0.15, 0.2) is 48.5 Å². The summed E-state index contributed by atoms with van der Waals surface area (Å²) < 4.78 is 10.2. The van der Waals surface area contributed by atoms with E-state index in [9.17, 15) is 9.90 Å². The molecular formula is C18H21NO4. The number of ether oxygens (including phenoxy) is 2. The standard InChI is InChI=1S/C18H21NO4/c1-22-15-7-3-13(4-8-15)11-17(18(20)21)19-12-14-5-9-16(23-2)10-6-14/h3-10,17,19H,11-12H2,1-2H3,(H,20,21)/t17-/m0/s1. The third kappa shape index (κ3) is 5.00. The number of hydrogen-bond donors (Lipinski definition) is 2. The molecule has 23 heavy (non-hydrogen) atoms. The first-order chi connectivity index (χ1) is 11.1. The Hall–Kier alpha value is -2.53. The monoisotopic (exact) mass is 315 g/mol. The molecule has 0 bridgehead atoms. The third-order valence-corrected chi connectivity index (χ3v) is 3.61. The number of methoxy groups -OCH3 is 2. The predicted octanol–water partition coefficient (Wildman–Crippen LogP) is 2.49. The van der Waals surface area contributed by atoms with Crippen LogP contribution in [0.5, 0.6) is 11.5 Å². The third-order valence-electron chi connectivity index (χ3n) is 3.61. The smallest absolute Gasteiger partial charge is 0.321 e. The molecule has 0 fully saturated rings. The molecule has 2 aromatic carbocycles. The highest BCUT2D eigenvalue weighted by molar-refractivity contribution is 5.73. The van der Waals surface area contributed by atoms with Crippen LogP contribution in [0.4, 0.5) is 0 Å². The highest BCUT2D eigenvalue weighted by Gasteiger charge is 2.17. The van der Waals surface area contributed by atoms with Gasteiger partial charge in [-0.2, -0.15) is 0 Å². The molecule has 1 atom stereocenters. The minimum atomic E-state index is -0.866. The summed E-state index contributed by atoms with van der Waals surface area (Å²) in [6.45, 7) is 0.483. The van der Waals surface area contributed by atoms with Crippen LogP contribution >= 0.6 is 0 Å². The van der Waals surface area contributed by atoms with E-state index < -0.39 is 12.0 Å². The second kappa shape index (κ2) is 8.19. The van der Waals surface area contributed by atoms with E-state index >= 15 is 0 Å². The Balaban J connectivity index is 1.96. The Morgan fingerprint density at radius 3 is 1.87 bits per heavy atom. The average molecular weight is 315 g/mol. The largest absolute Gasteiger partial charge is 0.497 e. The van der Waals surface area contributed by atoms with Crippen molar-refractivity contribution in [2.75, 3.05) is 14.2 Å². The lowest BCUT2D eigenvalue weighted by Crippen LogP contribution is -2.38. The van der Waals surface area contributed by atoms with Gasteiger partial charge in [-0.05, 0) is 41.8 Å². The van der Waals surface area contributed by atoms with Gasteiger partial charge < -0.3 is 19.9 Å². The summed E-state index contributed by atoms with van der Waals surface area (Å²) in [6, 6.07) is 14.3. The zero-order valence-corrected chi connectivity index (χ0v) is 13.3. The van der Waals surface area contributed by atoms with Gasteiger partial charge in [-0.25, -0.2) is 0 Å². The summed E-state index contributed by atoms with van der Waals surface area (Å²) in [7, 11) is 3.22. The van der Waals surface area contributed by atoms with E-state index in [0.717, 1.165) is 22.6 Å². The number of carboxylic acids is 1. The van der Waals surface area contributed by atoms with Crippen molar-refractivity contribution in [2.45, 2.75) is 19.0 Å². The molecule has 122 valence electrons. The molecule has 0 aliphatic rings. The van der Waals surface area contributed by atoms with Gasteiger partial charge in [0.15, 0.2) is 0 Å². The van der Waals surface area contributed by atoms with Gasteiger partial charge in [-0.3, -0.25) is 4.79 Å². The number of benzene rings is 2. The quantitative estimate of drug-likeness (QED) is 0.783. The van der Waals surface area contributed by atoms with Crippen molar-refractivity contribution in [1.29, 1.82) is 0 Å². The number of nitrogens with one attached hydrogen (secondary N) is 1. The molecule has 0 aliphatic heterocycles. The summed E-state index contributed by atoms with van der Waals surface area (Å²) in [4.78, 5) is 11.4. The van der Waals surface area contributed by atoms with Crippen molar-refractivity contribution in [1.82, 2.24) is 5.32 Å². The Morgan fingerprint density at radius 1 is 0.957 bits per heavy atom. The lowest BCUT2D eigenvalue weighted by atomic mass is 10.1. The van der Waals surface area contributed by atoms with E-state index in [1.807, 2.05) is 48.5 Å². The SMILES string of the molecule is COc1ccc(CN[C@@H](Cc2ccc(OC)cc2)C(=O)O)cc1. The van der Waals surface area contributed by atoms with Gasteiger partial charge in [-0.1, -0.05) is 24.3 Å². The van der Waals surface area contributed by atoms with Crippen LogP contribution in [0.25, 0.3) is 0 Å². The Bertz CT molecular complexity index is 622. The van der Waals surface area contributed by atoms with Crippen LogP contribution in [-0.2, 0) is 17.8 Å². The van der Waals surface area contributed by atoms with Crippen LogP contribution < -0.4 is 14.8 Å². The first-order valence-electron chi connectivity index (χ1n) is 7.34. The van der Waals surface area contributed by atoms with Crippen LogP contribution in [0.1, 0.15) is 11.1 Å². The van der Waals surface area contributed by atoms with Gasteiger partial charge in [0.1, 0.15) is 17.5 Å². The number of aliphatic carboxylic acids is 1. The minimum Gasteiger partial charge on any atom is -0.497 e. The number of carboxylic acid groups (broad SMARTS) is 1. The van der Waals surface area contributed by atoms with E-state index in [1.165, 1.54) is 0 Å². The molecule has 0 aliphatic carbocycles. The van der Waals surface area contributed by atoms with Crippen molar-refractivity contribution >= 4 is 5.97 Å². The summed E-state index contributed by atoms with van der Waals surface area (Å²) in [5, 5.41) is 12.5. The molecular weight excluding hydrogens is 294 g/mol. The van der Waals surface area contributed by atoms with Gasteiger partial charge in [0, 0.05) is 6.54 Å². The molecule has 0 saturated carbocycles. The second-order valence-corrected chi connectivity index (χ2v) is 5.17.